The normalized spacial score (nSPS) is 11.9. The van der Waals surface area contributed by atoms with Crippen LogP contribution >= 0.6 is 27.3 Å². The third-order valence-corrected chi connectivity index (χ3v) is 5.91. The first-order chi connectivity index (χ1) is 14.5. The van der Waals surface area contributed by atoms with Crippen molar-refractivity contribution in [3.05, 3.63) is 57.5 Å². The van der Waals surface area contributed by atoms with Gasteiger partial charge in [-0.15, -0.1) is 0 Å². The van der Waals surface area contributed by atoms with Gasteiger partial charge in [0.05, 0.1) is 23.9 Å². The molecule has 4 rings (SSSR count). The monoisotopic (exact) mass is 488 g/mol. The summed E-state index contributed by atoms with van der Waals surface area (Å²) in [5.74, 6) is -0.314. The Hall–Kier alpha value is -2.91. The SMILES string of the molecule is CCOC(=O)Cn1c(=NC(=O)c2cc3cccc(OC)c3o2)sc2cc(Br)ccc21. The number of nitrogens with zero attached hydrogens (tertiary/aromatic N) is 2. The number of ether oxygens (including phenoxy) is 2. The predicted octanol–water partition coefficient (Wildman–Crippen LogP) is 4.52. The zero-order valence-electron chi connectivity index (χ0n) is 16.2. The lowest BCUT2D eigenvalue weighted by atomic mass is 10.2. The van der Waals surface area contributed by atoms with Crippen molar-refractivity contribution in [3.63, 3.8) is 0 Å². The van der Waals surface area contributed by atoms with Gasteiger partial charge in [0, 0.05) is 9.86 Å². The molecule has 0 aliphatic carbocycles. The van der Waals surface area contributed by atoms with Gasteiger partial charge in [0.15, 0.2) is 21.9 Å². The third-order valence-electron chi connectivity index (χ3n) is 4.37. The summed E-state index contributed by atoms with van der Waals surface area (Å²) in [4.78, 5) is 29.6. The molecule has 7 nitrogen and oxygen atoms in total. The van der Waals surface area contributed by atoms with Crippen molar-refractivity contribution in [2.24, 2.45) is 4.99 Å². The number of aromatic nitrogens is 1. The molecule has 0 saturated carbocycles. The number of para-hydroxylation sites is 1. The smallest absolute Gasteiger partial charge is 0.326 e. The van der Waals surface area contributed by atoms with E-state index in [1.807, 2.05) is 30.3 Å². The number of esters is 1. The number of hydrogen-bond donors (Lipinski definition) is 0. The van der Waals surface area contributed by atoms with Crippen LogP contribution in [0.3, 0.4) is 0 Å². The van der Waals surface area contributed by atoms with E-state index in [9.17, 15) is 9.59 Å². The maximum atomic E-state index is 12.9. The Morgan fingerprint density at radius 2 is 2.07 bits per heavy atom. The molecule has 0 bridgehead atoms. The van der Waals surface area contributed by atoms with Crippen LogP contribution in [-0.4, -0.2) is 30.2 Å². The molecule has 0 aliphatic rings. The molecule has 0 radical (unpaired) electrons. The number of fused-ring (bicyclic) bond motifs is 2. The summed E-state index contributed by atoms with van der Waals surface area (Å²) in [6.07, 6.45) is 0. The van der Waals surface area contributed by atoms with E-state index in [-0.39, 0.29) is 18.9 Å². The van der Waals surface area contributed by atoms with E-state index in [2.05, 4.69) is 20.9 Å². The third kappa shape index (κ3) is 3.90. The van der Waals surface area contributed by atoms with Crippen molar-refractivity contribution in [2.45, 2.75) is 13.5 Å². The van der Waals surface area contributed by atoms with E-state index >= 15 is 0 Å². The fourth-order valence-electron chi connectivity index (χ4n) is 3.07. The van der Waals surface area contributed by atoms with Crippen LogP contribution in [0.4, 0.5) is 0 Å². The molecule has 2 aromatic carbocycles. The summed E-state index contributed by atoms with van der Waals surface area (Å²) in [5.41, 5.74) is 1.27. The number of furan rings is 1. The van der Waals surface area contributed by atoms with E-state index in [0.717, 1.165) is 20.1 Å². The van der Waals surface area contributed by atoms with Crippen LogP contribution in [0.25, 0.3) is 21.2 Å². The number of thiazole rings is 1. The number of rotatable bonds is 5. The average molecular weight is 489 g/mol. The maximum Gasteiger partial charge on any atom is 0.326 e. The Morgan fingerprint density at radius 3 is 2.83 bits per heavy atom. The van der Waals surface area contributed by atoms with Crippen LogP contribution in [0.5, 0.6) is 5.75 Å². The lowest BCUT2D eigenvalue weighted by Crippen LogP contribution is -2.23. The van der Waals surface area contributed by atoms with Crippen molar-refractivity contribution in [1.82, 2.24) is 4.57 Å². The lowest BCUT2D eigenvalue weighted by molar-refractivity contribution is -0.143. The van der Waals surface area contributed by atoms with E-state index in [1.165, 1.54) is 18.4 Å². The van der Waals surface area contributed by atoms with Gasteiger partial charge < -0.3 is 18.5 Å². The minimum atomic E-state index is -0.545. The molecule has 2 aromatic heterocycles. The predicted molar refractivity (Wildman–Crippen MR) is 117 cm³/mol. The molecule has 2 heterocycles. The zero-order chi connectivity index (χ0) is 21.3. The fourth-order valence-corrected chi connectivity index (χ4v) is 4.64. The molecule has 154 valence electrons. The summed E-state index contributed by atoms with van der Waals surface area (Å²) >= 11 is 4.75. The topological polar surface area (TPSA) is 83.0 Å². The molecule has 0 fully saturated rings. The Morgan fingerprint density at radius 1 is 1.23 bits per heavy atom. The molecule has 0 unspecified atom stereocenters. The molecule has 1 amide bonds. The molecule has 4 aromatic rings. The Balaban J connectivity index is 1.81. The highest BCUT2D eigenvalue weighted by atomic mass is 79.9. The second-order valence-corrected chi connectivity index (χ2v) is 8.22. The second kappa shape index (κ2) is 8.45. The van der Waals surface area contributed by atoms with Crippen LogP contribution in [-0.2, 0) is 16.1 Å². The van der Waals surface area contributed by atoms with Gasteiger partial charge in [0.25, 0.3) is 0 Å². The lowest BCUT2D eigenvalue weighted by Gasteiger charge is -2.05. The number of amides is 1. The number of carbonyl (C=O) groups excluding carboxylic acids is 2. The Labute approximate surface area is 183 Å². The number of carbonyl (C=O) groups is 2. The highest BCUT2D eigenvalue weighted by molar-refractivity contribution is 9.10. The van der Waals surface area contributed by atoms with E-state index in [0.29, 0.717) is 16.1 Å². The zero-order valence-corrected chi connectivity index (χ0v) is 18.6. The molecule has 0 N–H and O–H groups in total. The first-order valence-electron chi connectivity index (χ1n) is 9.10. The second-order valence-electron chi connectivity index (χ2n) is 6.29. The van der Waals surface area contributed by atoms with Crippen LogP contribution in [0, 0.1) is 0 Å². The van der Waals surface area contributed by atoms with Gasteiger partial charge in [-0.1, -0.05) is 39.4 Å². The van der Waals surface area contributed by atoms with Crippen LogP contribution < -0.4 is 9.54 Å². The quantitative estimate of drug-likeness (QED) is 0.385. The minimum Gasteiger partial charge on any atom is -0.493 e. The van der Waals surface area contributed by atoms with Crippen LogP contribution in [0.1, 0.15) is 17.5 Å². The van der Waals surface area contributed by atoms with E-state index in [4.69, 9.17) is 13.9 Å². The summed E-state index contributed by atoms with van der Waals surface area (Å²) in [5, 5.41) is 0.743. The van der Waals surface area contributed by atoms with Gasteiger partial charge in [-0.25, -0.2) is 0 Å². The maximum absolute atomic E-state index is 12.9. The van der Waals surface area contributed by atoms with Gasteiger partial charge in [-0.05, 0) is 37.3 Å². The number of hydrogen-bond acceptors (Lipinski definition) is 6. The summed E-state index contributed by atoms with van der Waals surface area (Å²) in [6, 6.07) is 12.7. The molecular weight excluding hydrogens is 472 g/mol. The summed E-state index contributed by atoms with van der Waals surface area (Å²) in [7, 11) is 1.54. The number of halogens is 1. The molecule has 30 heavy (non-hydrogen) atoms. The van der Waals surface area contributed by atoms with Crippen molar-refractivity contribution in [1.29, 1.82) is 0 Å². The van der Waals surface area contributed by atoms with Gasteiger partial charge >= 0.3 is 11.9 Å². The van der Waals surface area contributed by atoms with Gasteiger partial charge in [-0.3, -0.25) is 9.59 Å². The largest absolute Gasteiger partial charge is 0.493 e. The average Bonchev–Trinajstić information content (AvgIpc) is 3.29. The standard InChI is InChI=1S/C21H17BrN2O5S/c1-3-28-18(25)11-24-14-8-7-13(22)10-17(14)30-21(24)23-20(26)16-9-12-5-4-6-15(27-2)19(12)29-16/h4-10H,3,11H2,1-2H3. The first kappa shape index (κ1) is 20.4. The van der Waals surface area contributed by atoms with Gasteiger partial charge in [0.2, 0.25) is 0 Å². The molecule has 9 heteroatoms. The van der Waals surface area contributed by atoms with Crippen LogP contribution in [0.2, 0.25) is 0 Å². The molecule has 0 aliphatic heterocycles. The van der Waals surface area contributed by atoms with Crippen molar-refractivity contribution in [2.75, 3.05) is 13.7 Å². The first-order valence-corrected chi connectivity index (χ1v) is 10.7. The van der Waals surface area contributed by atoms with Crippen LogP contribution in [0.15, 0.2) is 56.3 Å². The van der Waals surface area contributed by atoms with Crippen molar-refractivity contribution in [3.8, 4) is 5.75 Å². The van der Waals surface area contributed by atoms with E-state index in [1.54, 1.807) is 23.6 Å². The number of benzene rings is 2. The molecule has 0 saturated heterocycles. The Bertz CT molecular complexity index is 1330. The molecule has 0 atom stereocenters. The highest BCUT2D eigenvalue weighted by Crippen LogP contribution is 2.29. The summed E-state index contributed by atoms with van der Waals surface area (Å²) in [6.45, 7) is 1.98. The highest BCUT2D eigenvalue weighted by Gasteiger charge is 2.17. The summed E-state index contributed by atoms with van der Waals surface area (Å²) < 4.78 is 19.5. The Kier molecular flexibility index (Phi) is 5.74. The van der Waals surface area contributed by atoms with Gasteiger partial charge in [0.1, 0.15) is 6.54 Å². The number of methoxy groups -OCH3 is 1. The minimum absolute atomic E-state index is 0.0461. The van der Waals surface area contributed by atoms with Gasteiger partial charge in [-0.2, -0.15) is 4.99 Å². The van der Waals surface area contributed by atoms with Crippen molar-refractivity contribution < 1.29 is 23.5 Å². The van der Waals surface area contributed by atoms with Crippen molar-refractivity contribution >= 4 is 60.3 Å². The fraction of sp³-hybridized carbons (Fsp3) is 0.190. The van der Waals surface area contributed by atoms with E-state index < -0.39 is 11.9 Å². The molecular formula is C21H17BrN2O5S. The molecule has 0 spiro atoms.